The molecular weight excluding hydrogens is 115 g/mol. The molecule has 0 saturated heterocycles. The van der Waals surface area contributed by atoms with Crippen LogP contribution < -0.4 is 29.6 Å². The maximum Gasteiger partial charge on any atom is 1.00 e. The molecule has 0 aliphatic carbocycles. The molecule has 0 rings (SSSR count). The first-order valence-corrected chi connectivity index (χ1v) is 1.24. The summed E-state index contributed by atoms with van der Waals surface area (Å²) in [6, 6.07) is 0. The number of hydrogen-bond acceptors (Lipinski definition) is 4. The summed E-state index contributed by atoms with van der Waals surface area (Å²) in [6.45, 7) is 0. The second-order valence-electron chi connectivity index (χ2n) is 0.303. The smallest absolute Gasteiger partial charge is 0.579 e. The molecule has 0 fully saturated rings. The molecule has 0 bridgehead atoms. The fourth-order valence-electron chi connectivity index (χ4n) is 0.0278. The molecule has 0 radical (unpaired) electrons. The molecule has 0 aliphatic heterocycles. The zero-order valence-electron chi connectivity index (χ0n) is 3.63. The van der Waals surface area contributed by atoms with Gasteiger partial charge in [0.25, 0.3) is 0 Å². The van der Waals surface area contributed by atoms with E-state index in [2.05, 4.69) is 27.2 Å². The molecule has 3 nitrogen and oxygen atoms in total. The second kappa shape index (κ2) is 9.52. The first-order chi connectivity index (χ1) is 2.41. The van der Waals surface area contributed by atoms with Crippen LogP contribution in [0.3, 0.4) is 0 Å². The maximum absolute atomic E-state index is 3.86. The van der Waals surface area contributed by atoms with Crippen molar-refractivity contribution in [3.63, 3.8) is 0 Å². The van der Waals surface area contributed by atoms with Gasteiger partial charge in [-0.2, -0.15) is 0 Å². The molecule has 32 valence electrons. The molecule has 0 unspecified atom stereocenters. The van der Waals surface area contributed by atoms with Gasteiger partial charge in [-0.05, 0) is 0 Å². The number of rotatable bonds is 2. The fourth-order valence-corrected chi connectivity index (χ4v) is 0.0833. The van der Waals surface area contributed by atoms with Gasteiger partial charge in [-0.15, -0.1) is 0 Å². The quantitative estimate of drug-likeness (QED) is 0.167. The van der Waals surface area contributed by atoms with E-state index in [9.17, 15) is 0 Å². The van der Waals surface area contributed by atoms with Gasteiger partial charge >= 0.3 is 29.6 Å². The van der Waals surface area contributed by atoms with E-state index in [1.807, 2.05) is 0 Å². The Balaban J connectivity index is 0. The van der Waals surface area contributed by atoms with E-state index in [4.69, 9.17) is 0 Å². The monoisotopic (exact) mass is 118 g/mol. The Kier molecular flexibility index (Phi) is 16.3. The molecule has 0 atom stereocenters. The normalized spacial score (nSPS) is 7.00. The minimum Gasteiger partial charge on any atom is -0.579 e. The molecule has 0 spiro atoms. The van der Waals surface area contributed by atoms with E-state index < -0.39 is 0 Å². The van der Waals surface area contributed by atoms with Crippen molar-refractivity contribution in [2.24, 2.45) is 0 Å². The molecule has 0 aliphatic rings. The maximum atomic E-state index is 3.86. The SMILES string of the molecule is COOO[S-].[Na+]. The van der Waals surface area contributed by atoms with E-state index >= 15 is 0 Å². The van der Waals surface area contributed by atoms with Crippen molar-refractivity contribution in [2.75, 3.05) is 7.11 Å². The van der Waals surface area contributed by atoms with E-state index in [0.717, 1.165) is 0 Å². The molecule has 0 heterocycles. The summed E-state index contributed by atoms with van der Waals surface area (Å²) in [5, 5.41) is 3.65. The zero-order chi connectivity index (χ0) is 4.12. The molecule has 5 heteroatoms. The predicted molar refractivity (Wildman–Crippen MR) is 16.5 cm³/mol. The second-order valence-corrected chi connectivity index (χ2v) is 0.439. The van der Waals surface area contributed by atoms with Gasteiger partial charge in [0.05, 0.1) is 7.11 Å². The average molecular weight is 118 g/mol. The van der Waals surface area contributed by atoms with Crippen LogP contribution in [0.1, 0.15) is 0 Å². The zero-order valence-corrected chi connectivity index (χ0v) is 6.45. The van der Waals surface area contributed by atoms with Gasteiger partial charge in [0, 0.05) is 0 Å². The topological polar surface area (TPSA) is 27.7 Å². The summed E-state index contributed by atoms with van der Waals surface area (Å²) in [4.78, 5) is 3.86. The van der Waals surface area contributed by atoms with Gasteiger partial charge in [0.1, 0.15) is 0 Å². The summed E-state index contributed by atoms with van der Waals surface area (Å²) < 4.78 is 3.55. The summed E-state index contributed by atoms with van der Waals surface area (Å²) in [5.41, 5.74) is 0. The summed E-state index contributed by atoms with van der Waals surface area (Å²) >= 11 is 3.80. The van der Waals surface area contributed by atoms with Crippen molar-refractivity contribution in [3.8, 4) is 0 Å². The summed E-state index contributed by atoms with van der Waals surface area (Å²) in [5.74, 6) is 0. The van der Waals surface area contributed by atoms with Crippen LogP contribution in [0.4, 0.5) is 0 Å². The van der Waals surface area contributed by atoms with Gasteiger partial charge in [-0.25, -0.2) is 4.89 Å². The Bertz CT molecular complexity index is 18.3. The molecule has 0 amide bonds. The molecule has 0 aromatic rings. The van der Waals surface area contributed by atoms with Crippen LogP contribution in [-0.2, 0) is 27.2 Å². The summed E-state index contributed by atoms with van der Waals surface area (Å²) in [7, 11) is 1.30. The Morgan fingerprint density at radius 1 is 1.50 bits per heavy atom. The van der Waals surface area contributed by atoms with Crippen LogP contribution in [-0.4, -0.2) is 7.11 Å². The van der Waals surface area contributed by atoms with Crippen LogP contribution >= 0.6 is 0 Å². The van der Waals surface area contributed by atoms with Crippen molar-refractivity contribution in [1.29, 1.82) is 0 Å². The third-order valence-electron chi connectivity index (χ3n) is 0.0958. The van der Waals surface area contributed by atoms with Crippen LogP contribution in [0, 0.1) is 0 Å². The Hall–Kier alpha value is 1.23. The van der Waals surface area contributed by atoms with E-state index in [1.54, 1.807) is 0 Å². The summed E-state index contributed by atoms with van der Waals surface area (Å²) in [6.07, 6.45) is 0. The average Bonchev–Trinajstić information content (AvgIpc) is 1.41. The molecule has 0 N–H and O–H groups in total. The molecule has 6 heavy (non-hydrogen) atoms. The Labute approximate surface area is 63.7 Å². The fraction of sp³-hybridized carbons (Fsp3) is 1.00. The van der Waals surface area contributed by atoms with Crippen LogP contribution in [0.15, 0.2) is 0 Å². The van der Waals surface area contributed by atoms with Gasteiger partial charge in [-0.1, -0.05) is 5.04 Å². The van der Waals surface area contributed by atoms with E-state index in [1.165, 1.54) is 7.11 Å². The third-order valence-corrected chi connectivity index (χ3v) is 0.151. The van der Waals surface area contributed by atoms with Crippen LogP contribution in [0.5, 0.6) is 0 Å². The Morgan fingerprint density at radius 2 is 2.00 bits per heavy atom. The van der Waals surface area contributed by atoms with Gasteiger partial charge in [-0.3, -0.25) is 0 Å². The first-order valence-electron chi connectivity index (χ1n) is 0.908. The van der Waals surface area contributed by atoms with Gasteiger partial charge in [0.15, 0.2) is 0 Å². The standard InChI is InChI=1S/CH4O3S.Na/c1-2-3-4-5;/h5H,1H3;/q;+1/p-1. The van der Waals surface area contributed by atoms with Gasteiger partial charge < -0.3 is 17.2 Å². The predicted octanol–water partition coefficient (Wildman–Crippen LogP) is -3.04. The molecular formula is CH3NaO3S. The Morgan fingerprint density at radius 3 is 2.00 bits per heavy atom. The van der Waals surface area contributed by atoms with Crippen molar-refractivity contribution >= 4 is 12.9 Å². The van der Waals surface area contributed by atoms with Crippen molar-refractivity contribution in [2.45, 2.75) is 0 Å². The van der Waals surface area contributed by atoms with Crippen LogP contribution in [0.25, 0.3) is 0 Å². The molecule has 0 aromatic heterocycles. The van der Waals surface area contributed by atoms with Crippen LogP contribution in [0.2, 0.25) is 0 Å². The molecule has 0 saturated carbocycles. The van der Waals surface area contributed by atoms with E-state index in [0.29, 0.717) is 0 Å². The van der Waals surface area contributed by atoms with Crippen molar-refractivity contribution in [3.05, 3.63) is 0 Å². The molecule has 0 aromatic carbocycles. The van der Waals surface area contributed by atoms with E-state index in [-0.39, 0.29) is 29.6 Å². The minimum absolute atomic E-state index is 0. The van der Waals surface area contributed by atoms with Crippen molar-refractivity contribution in [1.82, 2.24) is 0 Å². The largest absolute Gasteiger partial charge is 1.00 e. The first kappa shape index (κ1) is 10.3. The van der Waals surface area contributed by atoms with Crippen molar-refractivity contribution < 1.29 is 43.8 Å². The third kappa shape index (κ3) is 8.97. The minimum atomic E-state index is 0. The van der Waals surface area contributed by atoms with Gasteiger partial charge in [0.2, 0.25) is 0 Å². The number of hydrogen-bond donors (Lipinski definition) is 0.